The molecular formula is C26H27ClN4OS2. The standard InChI is InChI=1S/C26H27ClN4OS2/c1-2-3-14-28-26(33)31-15-12-19(13-16-31)25-30-23(17-34-25)24(32)29-22-7-5-4-6-21(22)18-8-10-20(27)11-9-18/h2-11,17,19H,12-16H2,1H3,(H,28,33)(H,29,32)/b3-2+. The molecule has 0 unspecified atom stereocenters. The fourth-order valence-electron chi connectivity index (χ4n) is 3.94. The third kappa shape index (κ3) is 6.03. The molecule has 1 fully saturated rings. The maximum absolute atomic E-state index is 13.0. The number of hydrogen-bond acceptors (Lipinski definition) is 4. The smallest absolute Gasteiger partial charge is 0.275 e. The number of allylic oxidation sites excluding steroid dienone is 1. The van der Waals surface area contributed by atoms with E-state index in [4.69, 9.17) is 23.8 Å². The van der Waals surface area contributed by atoms with E-state index in [1.165, 1.54) is 0 Å². The Hall–Kier alpha value is -2.74. The van der Waals surface area contributed by atoms with Crippen LogP contribution in [0.1, 0.15) is 41.2 Å². The van der Waals surface area contributed by atoms with E-state index >= 15 is 0 Å². The van der Waals surface area contributed by atoms with E-state index < -0.39 is 0 Å². The van der Waals surface area contributed by atoms with Crippen LogP contribution in [-0.4, -0.2) is 40.5 Å². The zero-order chi connectivity index (χ0) is 23.9. The topological polar surface area (TPSA) is 57.3 Å². The Labute approximate surface area is 214 Å². The van der Waals surface area contributed by atoms with Crippen molar-refractivity contribution in [2.75, 3.05) is 25.0 Å². The molecule has 2 heterocycles. The minimum atomic E-state index is -0.198. The van der Waals surface area contributed by atoms with Gasteiger partial charge in [0, 0.05) is 47.2 Å². The van der Waals surface area contributed by atoms with E-state index in [9.17, 15) is 4.79 Å². The lowest BCUT2D eigenvalue weighted by atomic mass is 9.98. The number of rotatable bonds is 6. The summed E-state index contributed by atoms with van der Waals surface area (Å²) in [4.78, 5) is 19.9. The molecule has 0 aliphatic carbocycles. The fraction of sp³-hybridized carbons (Fsp3) is 0.269. The highest BCUT2D eigenvalue weighted by Crippen LogP contribution is 2.32. The van der Waals surface area contributed by atoms with Gasteiger partial charge in [-0.15, -0.1) is 11.3 Å². The fourth-order valence-corrected chi connectivity index (χ4v) is 5.31. The van der Waals surface area contributed by atoms with Gasteiger partial charge >= 0.3 is 0 Å². The molecule has 1 amide bonds. The molecule has 176 valence electrons. The van der Waals surface area contributed by atoms with Crippen LogP contribution in [-0.2, 0) is 0 Å². The van der Waals surface area contributed by atoms with Crippen molar-refractivity contribution in [1.29, 1.82) is 0 Å². The largest absolute Gasteiger partial charge is 0.359 e. The van der Waals surface area contributed by atoms with Crippen molar-refractivity contribution in [3.8, 4) is 11.1 Å². The summed E-state index contributed by atoms with van der Waals surface area (Å²) in [5, 5.41) is 10.7. The monoisotopic (exact) mass is 510 g/mol. The van der Waals surface area contributed by atoms with Gasteiger partial charge in [-0.2, -0.15) is 0 Å². The van der Waals surface area contributed by atoms with Crippen LogP contribution in [0.25, 0.3) is 11.1 Å². The Balaban J connectivity index is 1.38. The third-order valence-electron chi connectivity index (χ3n) is 5.82. The highest BCUT2D eigenvalue weighted by Gasteiger charge is 2.25. The summed E-state index contributed by atoms with van der Waals surface area (Å²) >= 11 is 13.1. The molecule has 1 saturated heterocycles. The van der Waals surface area contributed by atoms with Gasteiger partial charge in [0.15, 0.2) is 5.11 Å². The predicted octanol–water partition coefficient (Wildman–Crippen LogP) is 6.35. The predicted molar refractivity (Wildman–Crippen MR) is 146 cm³/mol. The number of para-hydroxylation sites is 1. The number of aromatic nitrogens is 1. The lowest BCUT2D eigenvalue weighted by Gasteiger charge is -2.33. The van der Waals surface area contributed by atoms with E-state index in [-0.39, 0.29) is 5.91 Å². The lowest BCUT2D eigenvalue weighted by Crippen LogP contribution is -2.43. The lowest BCUT2D eigenvalue weighted by molar-refractivity contribution is 0.102. The highest BCUT2D eigenvalue weighted by molar-refractivity contribution is 7.80. The number of benzene rings is 2. The van der Waals surface area contributed by atoms with Gasteiger partial charge in [-0.25, -0.2) is 4.98 Å². The molecule has 0 atom stereocenters. The molecule has 0 saturated carbocycles. The number of thiocarbonyl (C=S) groups is 1. The number of nitrogens with one attached hydrogen (secondary N) is 2. The van der Waals surface area contributed by atoms with Gasteiger partial charge in [-0.3, -0.25) is 4.79 Å². The molecule has 8 heteroatoms. The normalized spacial score (nSPS) is 14.4. The van der Waals surface area contributed by atoms with Gasteiger partial charge in [0.1, 0.15) is 5.69 Å². The van der Waals surface area contributed by atoms with Crippen LogP contribution in [0.3, 0.4) is 0 Å². The molecule has 34 heavy (non-hydrogen) atoms. The summed E-state index contributed by atoms with van der Waals surface area (Å²) in [5.74, 6) is 0.151. The van der Waals surface area contributed by atoms with Gasteiger partial charge in [0.05, 0.1) is 5.01 Å². The van der Waals surface area contributed by atoms with Crippen LogP contribution < -0.4 is 10.6 Å². The Kier molecular flexibility index (Phi) is 8.32. The third-order valence-corrected chi connectivity index (χ3v) is 7.49. The first kappa shape index (κ1) is 24.4. The van der Waals surface area contributed by atoms with Crippen LogP contribution in [0, 0.1) is 0 Å². The van der Waals surface area contributed by atoms with Crippen LogP contribution in [0.15, 0.2) is 66.1 Å². The number of anilines is 1. The number of carbonyl (C=O) groups is 1. The first-order valence-corrected chi connectivity index (χ1v) is 13.0. The Morgan fingerprint density at radius 1 is 1.21 bits per heavy atom. The second kappa shape index (κ2) is 11.6. The number of thiazole rings is 1. The minimum Gasteiger partial charge on any atom is -0.359 e. The summed E-state index contributed by atoms with van der Waals surface area (Å²) < 4.78 is 0. The molecule has 5 nitrogen and oxygen atoms in total. The van der Waals surface area contributed by atoms with Crippen LogP contribution in [0.4, 0.5) is 5.69 Å². The van der Waals surface area contributed by atoms with E-state index in [1.807, 2.05) is 66.9 Å². The average molecular weight is 511 g/mol. The molecule has 2 N–H and O–H groups in total. The number of halogens is 1. The molecule has 0 bridgehead atoms. The Bertz CT molecular complexity index is 1170. The molecule has 4 rings (SSSR count). The van der Waals surface area contributed by atoms with Gasteiger partial charge < -0.3 is 15.5 Å². The second-order valence-corrected chi connectivity index (χ2v) is 9.81. The zero-order valence-electron chi connectivity index (χ0n) is 19.0. The Morgan fingerprint density at radius 2 is 1.94 bits per heavy atom. The van der Waals surface area contributed by atoms with E-state index in [2.05, 4.69) is 26.6 Å². The maximum atomic E-state index is 13.0. The summed E-state index contributed by atoms with van der Waals surface area (Å²) in [6.45, 7) is 4.53. The number of likely N-dealkylation sites (tertiary alicyclic amines) is 1. The van der Waals surface area contributed by atoms with E-state index in [0.717, 1.165) is 59.4 Å². The van der Waals surface area contributed by atoms with Crippen molar-refractivity contribution in [1.82, 2.24) is 15.2 Å². The first-order valence-electron chi connectivity index (χ1n) is 11.3. The average Bonchev–Trinajstić information content (AvgIpc) is 3.36. The summed E-state index contributed by atoms with van der Waals surface area (Å²) in [5.41, 5.74) is 3.13. The molecular weight excluding hydrogens is 484 g/mol. The van der Waals surface area contributed by atoms with Gasteiger partial charge in [0.25, 0.3) is 5.91 Å². The first-order chi connectivity index (χ1) is 16.5. The number of nitrogens with zero attached hydrogens (tertiary/aromatic N) is 2. The molecule has 0 radical (unpaired) electrons. The molecule has 1 aliphatic rings. The summed E-state index contributed by atoms with van der Waals surface area (Å²) in [6, 6.07) is 15.3. The minimum absolute atomic E-state index is 0.198. The molecule has 3 aromatic rings. The van der Waals surface area contributed by atoms with Crippen molar-refractivity contribution in [3.63, 3.8) is 0 Å². The van der Waals surface area contributed by atoms with Gasteiger partial charge in [-0.1, -0.05) is 54.1 Å². The molecule has 0 spiro atoms. The van der Waals surface area contributed by atoms with Gasteiger partial charge in [-0.05, 0) is 55.7 Å². The van der Waals surface area contributed by atoms with E-state index in [0.29, 0.717) is 16.6 Å². The Morgan fingerprint density at radius 3 is 2.68 bits per heavy atom. The second-order valence-electron chi connectivity index (χ2n) is 8.09. The van der Waals surface area contributed by atoms with Crippen molar-refractivity contribution < 1.29 is 4.79 Å². The van der Waals surface area contributed by atoms with Crippen molar-refractivity contribution in [3.05, 3.63) is 81.8 Å². The zero-order valence-corrected chi connectivity index (χ0v) is 21.3. The van der Waals surface area contributed by atoms with Crippen LogP contribution in [0.2, 0.25) is 5.02 Å². The number of hydrogen-bond donors (Lipinski definition) is 2. The maximum Gasteiger partial charge on any atom is 0.275 e. The van der Waals surface area contributed by atoms with Crippen molar-refractivity contribution in [2.45, 2.75) is 25.7 Å². The van der Waals surface area contributed by atoms with Crippen molar-refractivity contribution in [2.24, 2.45) is 0 Å². The quantitative estimate of drug-likeness (QED) is 0.299. The highest BCUT2D eigenvalue weighted by atomic mass is 35.5. The van der Waals surface area contributed by atoms with Crippen molar-refractivity contribution >= 4 is 51.9 Å². The van der Waals surface area contributed by atoms with Gasteiger partial charge in [0.2, 0.25) is 0 Å². The molecule has 2 aromatic carbocycles. The van der Waals surface area contributed by atoms with Crippen LogP contribution in [0.5, 0.6) is 0 Å². The number of carbonyl (C=O) groups excluding carboxylic acids is 1. The molecule has 1 aliphatic heterocycles. The number of amides is 1. The van der Waals surface area contributed by atoms with E-state index in [1.54, 1.807) is 11.3 Å². The molecule has 1 aromatic heterocycles. The summed E-state index contributed by atoms with van der Waals surface area (Å²) in [6.07, 6.45) is 6.00. The summed E-state index contributed by atoms with van der Waals surface area (Å²) in [7, 11) is 0. The SMILES string of the molecule is C/C=C/CNC(=S)N1CCC(c2nc(C(=O)Nc3ccccc3-c3ccc(Cl)cc3)cs2)CC1. The number of piperidine rings is 1. The van der Waals surface area contributed by atoms with Crippen LogP contribution >= 0.6 is 35.2 Å².